The molecular formula is C13H15ClN4O. The van der Waals surface area contributed by atoms with E-state index in [4.69, 9.17) is 17.3 Å². The average molecular weight is 279 g/mol. The van der Waals surface area contributed by atoms with E-state index in [0.717, 1.165) is 18.4 Å². The van der Waals surface area contributed by atoms with E-state index in [1.54, 1.807) is 10.6 Å². The number of hydrogen-bond donors (Lipinski definition) is 2. The summed E-state index contributed by atoms with van der Waals surface area (Å²) in [6.45, 7) is 1.82. The molecule has 1 fully saturated rings. The van der Waals surface area contributed by atoms with E-state index in [-0.39, 0.29) is 5.91 Å². The third-order valence-corrected chi connectivity index (χ3v) is 3.69. The predicted molar refractivity (Wildman–Crippen MR) is 75.0 cm³/mol. The van der Waals surface area contributed by atoms with Gasteiger partial charge in [0.05, 0.1) is 10.5 Å². The fourth-order valence-electron chi connectivity index (χ4n) is 2.17. The molecule has 3 rings (SSSR count). The number of nitrogens with two attached hydrogens (primary N) is 1. The van der Waals surface area contributed by atoms with Gasteiger partial charge in [0.1, 0.15) is 11.6 Å². The smallest absolute Gasteiger partial charge is 0.243 e. The van der Waals surface area contributed by atoms with Crippen LogP contribution in [0.25, 0.3) is 11.0 Å². The fraction of sp³-hybridized carbons (Fsp3) is 0.385. The number of rotatable bonds is 3. The van der Waals surface area contributed by atoms with Crippen LogP contribution in [0, 0.1) is 0 Å². The second kappa shape index (κ2) is 4.42. The number of hydrogen-bond acceptors (Lipinski definition) is 3. The van der Waals surface area contributed by atoms with Gasteiger partial charge >= 0.3 is 0 Å². The van der Waals surface area contributed by atoms with E-state index < -0.39 is 6.04 Å². The number of imidazole rings is 1. The number of nitrogens with zero attached hydrogens (tertiary/aromatic N) is 2. The van der Waals surface area contributed by atoms with Crippen molar-refractivity contribution in [3.05, 3.63) is 23.2 Å². The topological polar surface area (TPSA) is 72.9 Å². The summed E-state index contributed by atoms with van der Waals surface area (Å²) in [4.78, 5) is 16.4. The lowest BCUT2D eigenvalue weighted by atomic mass is 10.2. The molecule has 100 valence electrons. The number of aromatic nitrogens is 2. The van der Waals surface area contributed by atoms with Crippen LogP contribution >= 0.6 is 11.6 Å². The molecule has 1 aliphatic rings. The maximum Gasteiger partial charge on any atom is 0.243 e. The van der Waals surface area contributed by atoms with Crippen LogP contribution < -0.4 is 11.1 Å². The first kappa shape index (κ1) is 12.3. The second-order valence-corrected chi connectivity index (χ2v) is 5.31. The molecule has 1 saturated carbocycles. The third-order valence-electron chi connectivity index (χ3n) is 3.39. The van der Waals surface area contributed by atoms with E-state index in [2.05, 4.69) is 10.3 Å². The molecule has 0 saturated heterocycles. The number of benzene rings is 1. The summed E-state index contributed by atoms with van der Waals surface area (Å²) in [6, 6.07) is 5.38. The fourth-order valence-corrected chi connectivity index (χ4v) is 2.39. The number of amides is 1. The Bertz CT molecular complexity index is 647. The summed E-state index contributed by atoms with van der Waals surface area (Å²) in [5.41, 5.74) is 7.33. The Hall–Kier alpha value is -1.75. The third kappa shape index (κ3) is 2.14. The van der Waals surface area contributed by atoms with Gasteiger partial charge in [-0.3, -0.25) is 9.36 Å². The summed E-state index contributed by atoms with van der Waals surface area (Å²) in [5, 5.41) is 3.51. The van der Waals surface area contributed by atoms with E-state index in [1.807, 2.05) is 19.1 Å². The first-order valence-electron chi connectivity index (χ1n) is 6.30. The molecule has 3 N–H and O–H groups in total. The first-order valence-corrected chi connectivity index (χ1v) is 6.68. The molecule has 2 aromatic rings. The lowest BCUT2D eigenvalue weighted by molar-refractivity contribution is -0.123. The molecule has 0 radical (unpaired) electrons. The van der Waals surface area contributed by atoms with Crippen LogP contribution in [0.1, 0.15) is 25.8 Å². The van der Waals surface area contributed by atoms with Gasteiger partial charge in [0.2, 0.25) is 11.9 Å². The van der Waals surface area contributed by atoms with Crippen molar-refractivity contribution >= 4 is 34.5 Å². The molecule has 0 spiro atoms. The molecule has 6 heteroatoms. The van der Waals surface area contributed by atoms with Gasteiger partial charge in [-0.15, -0.1) is 0 Å². The highest BCUT2D eigenvalue weighted by Gasteiger charge is 2.27. The minimum absolute atomic E-state index is 0.0338. The van der Waals surface area contributed by atoms with Gasteiger partial charge in [0, 0.05) is 6.04 Å². The van der Waals surface area contributed by atoms with Gasteiger partial charge in [-0.1, -0.05) is 17.7 Å². The van der Waals surface area contributed by atoms with Crippen molar-refractivity contribution < 1.29 is 4.79 Å². The van der Waals surface area contributed by atoms with Crippen molar-refractivity contribution in [1.29, 1.82) is 0 Å². The zero-order valence-corrected chi connectivity index (χ0v) is 11.3. The van der Waals surface area contributed by atoms with Crippen molar-refractivity contribution in [1.82, 2.24) is 14.9 Å². The molecule has 1 aromatic carbocycles. The molecule has 0 bridgehead atoms. The summed E-state index contributed by atoms with van der Waals surface area (Å²) in [5.74, 6) is 0.273. The molecule has 19 heavy (non-hydrogen) atoms. The van der Waals surface area contributed by atoms with Gasteiger partial charge in [-0.05, 0) is 31.9 Å². The van der Waals surface area contributed by atoms with Gasteiger partial charge in [0.25, 0.3) is 0 Å². The van der Waals surface area contributed by atoms with Crippen molar-refractivity contribution in [3.8, 4) is 0 Å². The van der Waals surface area contributed by atoms with Crippen molar-refractivity contribution in [3.63, 3.8) is 0 Å². The van der Waals surface area contributed by atoms with Gasteiger partial charge in [-0.2, -0.15) is 0 Å². The molecule has 1 unspecified atom stereocenters. The highest BCUT2D eigenvalue weighted by molar-refractivity contribution is 6.35. The quantitative estimate of drug-likeness (QED) is 0.903. The molecule has 1 atom stereocenters. The standard InChI is InChI=1S/C13H15ClN4O/c1-7(12(19)16-8-5-6-8)18-10-4-2-3-9(14)11(10)17-13(18)15/h2-4,7-8H,5-6H2,1H3,(H2,15,17)(H,16,19). The van der Waals surface area contributed by atoms with Crippen LogP contribution in [0.2, 0.25) is 5.02 Å². The number of fused-ring (bicyclic) bond motifs is 1. The van der Waals surface area contributed by atoms with Gasteiger partial charge in [-0.25, -0.2) is 4.98 Å². The molecule has 1 amide bonds. The maximum atomic E-state index is 12.1. The Morgan fingerprint density at radius 2 is 2.32 bits per heavy atom. The Morgan fingerprint density at radius 1 is 1.58 bits per heavy atom. The van der Waals surface area contributed by atoms with Crippen LogP contribution in [-0.2, 0) is 4.79 Å². The highest BCUT2D eigenvalue weighted by Crippen LogP contribution is 2.28. The minimum Gasteiger partial charge on any atom is -0.369 e. The summed E-state index contributed by atoms with van der Waals surface area (Å²) >= 11 is 6.09. The van der Waals surface area contributed by atoms with Gasteiger partial charge < -0.3 is 11.1 Å². The monoisotopic (exact) mass is 278 g/mol. The number of nitrogen functional groups attached to an aromatic ring is 1. The van der Waals surface area contributed by atoms with Crippen molar-refractivity contribution in [2.24, 2.45) is 0 Å². The first-order chi connectivity index (χ1) is 9.08. The predicted octanol–water partition coefficient (Wildman–Crippen LogP) is 2.11. The summed E-state index contributed by atoms with van der Waals surface area (Å²) < 4.78 is 1.72. The van der Waals surface area contributed by atoms with Crippen LogP contribution in [0.3, 0.4) is 0 Å². The Labute approximate surface area is 115 Å². The number of carbonyl (C=O) groups is 1. The van der Waals surface area contributed by atoms with Crippen LogP contribution in [0.5, 0.6) is 0 Å². The van der Waals surface area contributed by atoms with E-state index in [1.165, 1.54) is 0 Å². The number of anilines is 1. The average Bonchev–Trinajstić information content (AvgIpc) is 3.10. The minimum atomic E-state index is -0.399. The van der Waals surface area contributed by atoms with E-state index in [9.17, 15) is 4.79 Å². The molecule has 1 heterocycles. The van der Waals surface area contributed by atoms with E-state index >= 15 is 0 Å². The highest BCUT2D eigenvalue weighted by atomic mass is 35.5. The van der Waals surface area contributed by atoms with Crippen LogP contribution in [-0.4, -0.2) is 21.5 Å². The van der Waals surface area contributed by atoms with E-state index in [0.29, 0.717) is 22.5 Å². The normalized spacial score (nSPS) is 16.5. The lowest BCUT2D eigenvalue weighted by Gasteiger charge is -2.15. The maximum absolute atomic E-state index is 12.1. The van der Waals surface area contributed by atoms with Crippen LogP contribution in [0.4, 0.5) is 5.95 Å². The summed E-state index contributed by atoms with van der Waals surface area (Å²) in [6.07, 6.45) is 2.12. The number of halogens is 1. The molecule has 0 aliphatic heterocycles. The van der Waals surface area contributed by atoms with Gasteiger partial charge in [0.15, 0.2) is 0 Å². The largest absolute Gasteiger partial charge is 0.369 e. The number of nitrogens with one attached hydrogen (secondary N) is 1. The number of para-hydroxylation sites is 1. The lowest BCUT2D eigenvalue weighted by Crippen LogP contribution is -2.32. The molecule has 5 nitrogen and oxygen atoms in total. The zero-order valence-electron chi connectivity index (χ0n) is 10.6. The van der Waals surface area contributed by atoms with Crippen molar-refractivity contribution in [2.45, 2.75) is 31.8 Å². The van der Waals surface area contributed by atoms with Crippen molar-refractivity contribution in [2.75, 3.05) is 5.73 Å². The number of carbonyl (C=O) groups excluding carboxylic acids is 1. The van der Waals surface area contributed by atoms with Crippen LogP contribution in [0.15, 0.2) is 18.2 Å². The SMILES string of the molecule is CC(C(=O)NC1CC1)n1c(N)nc2c(Cl)cccc21. The second-order valence-electron chi connectivity index (χ2n) is 4.91. The molecular weight excluding hydrogens is 264 g/mol. The molecule has 1 aliphatic carbocycles. The Kier molecular flexibility index (Phi) is 2.86. The Balaban J connectivity index is 2.01. The summed E-state index contributed by atoms with van der Waals surface area (Å²) in [7, 11) is 0. The Morgan fingerprint density at radius 3 is 3.00 bits per heavy atom. The molecule has 1 aromatic heterocycles. The zero-order chi connectivity index (χ0) is 13.6.